The van der Waals surface area contributed by atoms with Gasteiger partial charge in [-0.15, -0.1) is 0 Å². The molecule has 0 N–H and O–H groups in total. The molecule has 0 radical (unpaired) electrons. The van der Waals surface area contributed by atoms with Gasteiger partial charge in [0, 0.05) is 30.1 Å². The number of imidazole rings is 1. The molecule has 5 nitrogen and oxygen atoms in total. The topological polar surface area (TPSA) is 57.0 Å². The van der Waals surface area contributed by atoms with Crippen LogP contribution in [-0.2, 0) is 18.4 Å². The molecule has 17 heavy (non-hydrogen) atoms. The largest absolute Gasteiger partial charge is 0.453 e. The van der Waals surface area contributed by atoms with E-state index >= 15 is 0 Å². The summed E-state index contributed by atoms with van der Waals surface area (Å²) in [5.41, 5.74) is 0.280. The predicted octanol–water partition coefficient (Wildman–Crippen LogP) is 1.93. The van der Waals surface area contributed by atoms with Gasteiger partial charge in [-0.2, -0.15) is 0 Å². The number of ether oxygens (including phenoxy) is 1. The molecule has 0 fully saturated rings. The number of nitrogens with zero attached hydrogens (tertiary/aromatic N) is 3. The number of esters is 1. The Bertz CT molecular complexity index is 522. The summed E-state index contributed by atoms with van der Waals surface area (Å²) in [4.78, 5) is 19.6. The van der Waals surface area contributed by atoms with Crippen LogP contribution < -0.4 is 0 Å². The van der Waals surface area contributed by atoms with Crippen LogP contribution in [0, 0.1) is 0 Å². The van der Waals surface area contributed by atoms with Crippen LogP contribution in [-0.4, -0.2) is 20.5 Å². The Hall–Kier alpha value is -1.69. The molecule has 0 bridgehead atoms. The molecule has 0 aliphatic heterocycles. The number of halogens is 1. The smallest absolute Gasteiger partial charge is 0.357 e. The molecular formula is C11H10BrN3O2. The SMILES string of the molecule is Cn1ccnc1COC(=O)c1ccc(Br)cn1. The molecule has 0 saturated carbocycles. The molecule has 6 heteroatoms. The monoisotopic (exact) mass is 295 g/mol. The molecule has 2 aromatic heterocycles. The zero-order valence-corrected chi connectivity index (χ0v) is 10.7. The van der Waals surface area contributed by atoms with E-state index in [2.05, 4.69) is 25.9 Å². The van der Waals surface area contributed by atoms with Gasteiger partial charge in [-0.1, -0.05) is 0 Å². The van der Waals surface area contributed by atoms with Crippen LogP contribution in [0.15, 0.2) is 35.2 Å². The minimum atomic E-state index is -0.458. The lowest BCUT2D eigenvalue weighted by molar-refractivity contribution is 0.0452. The van der Waals surface area contributed by atoms with Crippen molar-refractivity contribution in [3.63, 3.8) is 0 Å². The second-order valence-corrected chi connectivity index (χ2v) is 4.31. The molecule has 2 heterocycles. The van der Waals surface area contributed by atoms with E-state index in [0.29, 0.717) is 5.82 Å². The van der Waals surface area contributed by atoms with Crippen molar-refractivity contribution >= 4 is 21.9 Å². The molecule has 0 unspecified atom stereocenters. The number of aromatic nitrogens is 3. The van der Waals surface area contributed by atoms with Gasteiger partial charge in [0.25, 0.3) is 0 Å². The molecule has 2 aromatic rings. The highest BCUT2D eigenvalue weighted by molar-refractivity contribution is 9.10. The van der Waals surface area contributed by atoms with E-state index in [1.807, 2.05) is 7.05 Å². The summed E-state index contributed by atoms with van der Waals surface area (Å²) >= 11 is 3.25. The Kier molecular flexibility index (Phi) is 3.53. The fraction of sp³-hybridized carbons (Fsp3) is 0.182. The van der Waals surface area contributed by atoms with E-state index in [-0.39, 0.29) is 12.3 Å². The Labute approximate surface area is 107 Å². The first-order valence-corrected chi connectivity index (χ1v) is 5.71. The lowest BCUT2D eigenvalue weighted by Gasteiger charge is -2.04. The van der Waals surface area contributed by atoms with Crippen LogP contribution in [0.25, 0.3) is 0 Å². The van der Waals surface area contributed by atoms with Gasteiger partial charge in [-0.3, -0.25) is 0 Å². The standard InChI is InChI=1S/C11H10BrN3O2/c1-15-5-4-13-10(15)7-17-11(16)9-3-2-8(12)6-14-9/h2-6H,7H2,1H3. The summed E-state index contributed by atoms with van der Waals surface area (Å²) in [5.74, 6) is 0.232. The van der Waals surface area contributed by atoms with Crippen molar-refractivity contribution in [3.8, 4) is 0 Å². The van der Waals surface area contributed by atoms with Crippen molar-refractivity contribution in [3.05, 3.63) is 46.7 Å². The fourth-order valence-corrected chi connectivity index (χ4v) is 1.47. The van der Waals surface area contributed by atoms with E-state index in [9.17, 15) is 4.79 Å². The van der Waals surface area contributed by atoms with Gasteiger partial charge in [0.15, 0.2) is 0 Å². The third-order valence-corrected chi connectivity index (χ3v) is 2.66. The Morgan fingerprint density at radius 2 is 2.29 bits per heavy atom. The molecule has 2 rings (SSSR count). The van der Waals surface area contributed by atoms with E-state index in [0.717, 1.165) is 4.47 Å². The van der Waals surface area contributed by atoms with Gasteiger partial charge in [0.2, 0.25) is 0 Å². The van der Waals surface area contributed by atoms with Crippen LogP contribution >= 0.6 is 15.9 Å². The van der Waals surface area contributed by atoms with E-state index in [1.165, 1.54) is 0 Å². The molecule has 0 atom stereocenters. The van der Waals surface area contributed by atoms with Crippen molar-refractivity contribution in [1.29, 1.82) is 0 Å². The van der Waals surface area contributed by atoms with Crippen LogP contribution in [0.3, 0.4) is 0 Å². The number of aryl methyl sites for hydroxylation is 1. The summed E-state index contributed by atoms with van der Waals surface area (Å²) in [5, 5.41) is 0. The number of carbonyl (C=O) groups is 1. The van der Waals surface area contributed by atoms with Crippen molar-refractivity contribution in [2.75, 3.05) is 0 Å². The summed E-state index contributed by atoms with van der Waals surface area (Å²) in [6, 6.07) is 3.34. The maximum absolute atomic E-state index is 11.6. The van der Waals surface area contributed by atoms with Crippen LogP contribution in [0.4, 0.5) is 0 Å². The third-order valence-electron chi connectivity index (χ3n) is 2.19. The highest BCUT2D eigenvalue weighted by Gasteiger charge is 2.10. The lowest BCUT2D eigenvalue weighted by atomic mass is 10.3. The van der Waals surface area contributed by atoms with Crippen LogP contribution in [0.1, 0.15) is 16.3 Å². The van der Waals surface area contributed by atoms with E-state index in [4.69, 9.17) is 4.74 Å². The highest BCUT2D eigenvalue weighted by Crippen LogP contribution is 2.08. The maximum Gasteiger partial charge on any atom is 0.357 e. The molecule has 88 valence electrons. The van der Waals surface area contributed by atoms with Crippen molar-refractivity contribution < 1.29 is 9.53 Å². The predicted molar refractivity (Wildman–Crippen MR) is 64.3 cm³/mol. The lowest BCUT2D eigenvalue weighted by Crippen LogP contribution is -2.09. The summed E-state index contributed by atoms with van der Waals surface area (Å²) in [7, 11) is 1.84. The third kappa shape index (κ3) is 2.91. The summed E-state index contributed by atoms with van der Waals surface area (Å²) in [6.07, 6.45) is 5.00. The first-order valence-electron chi connectivity index (χ1n) is 4.91. The highest BCUT2D eigenvalue weighted by atomic mass is 79.9. The number of pyridine rings is 1. The average Bonchev–Trinajstić information content (AvgIpc) is 2.73. The van der Waals surface area contributed by atoms with Gasteiger partial charge in [0.1, 0.15) is 18.1 Å². The van der Waals surface area contributed by atoms with Crippen molar-refractivity contribution in [2.24, 2.45) is 7.05 Å². The van der Waals surface area contributed by atoms with E-state index in [1.54, 1.807) is 35.3 Å². The number of carbonyl (C=O) groups excluding carboxylic acids is 1. The first-order chi connectivity index (χ1) is 8.16. The first kappa shape index (κ1) is 11.8. The molecule has 0 saturated heterocycles. The molecule has 0 aliphatic carbocycles. The summed E-state index contributed by atoms with van der Waals surface area (Å²) in [6.45, 7) is 0.139. The van der Waals surface area contributed by atoms with Crippen molar-refractivity contribution in [1.82, 2.24) is 14.5 Å². The quantitative estimate of drug-likeness (QED) is 0.812. The Balaban J connectivity index is 1.98. The van der Waals surface area contributed by atoms with Crippen LogP contribution in [0.5, 0.6) is 0 Å². The minimum absolute atomic E-state index is 0.139. The number of hydrogen-bond donors (Lipinski definition) is 0. The zero-order valence-electron chi connectivity index (χ0n) is 9.13. The van der Waals surface area contributed by atoms with Crippen molar-refractivity contribution in [2.45, 2.75) is 6.61 Å². The van der Waals surface area contributed by atoms with Gasteiger partial charge in [0.05, 0.1) is 0 Å². The molecule has 0 spiro atoms. The second kappa shape index (κ2) is 5.09. The normalized spacial score (nSPS) is 10.2. The summed E-state index contributed by atoms with van der Waals surface area (Å²) < 4.78 is 7.70. The average molecular weight is 296 g/mol. The van der Waals surface area contributed by atoms with Crippen LogP contribution in [0.2, 0.25) is 0 Å². The van der Waals surface area contributed by atoms with Gasteiger partial charge in [-0.25, -0.2) is 14.8 Å². The molecule has 0 aliphatic rings. The maximum atomic E-state index is 11.6. The Morgan fingerprint density at radius 1 is 1.47 bits per heavy atom. The molecule has 0 aromatic carbocycles. The zero-order chi connectivity index (χ0) is 12.3. The second-order valence-electron chi connectivity index (χ2n) is 3.39. The van der Waals surface area contributed by atoms with Gasteiger partial charge < -0.3 is 9.30 Å². The molecular weight excluding hydrogens is 286 g/mol. The number of hydrogen-bond acceptors (Lipinski definition) is 4. The Morgan fingerprint density at radius 3 is 2.88 bits per heavy atom. The van der Waals surface area contributed by atoms with Gasteiger partial charge >= 0.3 is 5.97 Å². The molecule has 0 amide bonds. The minimum Gasteiger partial charge on any atom is -0.453 e. The van der Waals surface area contributed by atoms with Gasteiger partial charge in [-0.05, 0) is 28.1 Å². The number of rotatable bonds is 3. The fourth-order valence-electron chi connectivity index (χ4n) is 1.24. The van der Waals surface area contributed by atoms with E-state index < -0.39 is 5.97 Å².